The molecule has 2 aromatic rings. The Morgan fingerprint density at radius 3 is 2.65 bits per heavy atom. The monoisotopic (exact) mass is 450 g/mol. The van der Waals surface area contributed by atoms with Gasteiger partial charge < -0.3 is 4.74 Å². The molecule has 0 amide bonds. The lowest BCUT2D eigenvalue weighted by atomic mass is 10.2. The van der Waals surface area contributed by atoms with Gasteiger partial charge >= 0.3 is 6.18 Å². The normalized spacial score (nSPS) is 18.8. The van der Waals surface area contributed by atoms with Crippen molar-refractivity contribution < 1.29 is 26.3 Å². The minimum absolute atomic E-state index is 0.0519. The highest BCUT2D eigenvalue weighted by atomic mass is 79.9. The van der Waals surface area contributed by atoms with Crippen LogP contribution in [-0.2, 0) is 16.2 Å². The highest BCUT2D eigenvalue weighted by molar-refractivity contribution is 9.10. The van der Waals surface area contributed by atoms with E-state index in [1.807, 2.05) is 0 Å². The van der Waals surface area contributed by atoms with Gasteiger partial charge in [0.2, 0.25) is 15.9 Å². The van der Waals surface area contributed by atoms with Crippen LogP contribution in [0.5, 0.6) is 5.88 Å². The molecule has 1 saturated heterocycles. The maximum atomic E-state index is 12.8. The molecule has 1 aliphatic heterocycles. The molecule has 1 aromatic heterocycles. The van der Waals surface area contributed by atoms with E-state index in [1.165, 1.54) is 0 Å². The van der Waals surface area contributed by atoms with E-state index >= 15 is 0 Å². The van der Waals surface area contributed by atoms with Crippen LogP contribution in [0.25, 0.3) is 0 Å². The topological polar surface area (TPSA) is 59.5 Å². The summed E-state index contributed by atoms with van der Waals surface area (Å²) in [6.45, 7) is 0.218. The summed E-state index contributed by atoms with van der Waals surface area (Å²) in [5, 5.41) is 0. The number of benzene rings is 1. The fourth-order valence-electron chi connectivity index (χ4n) is 2.60. The smallest absolute Gasteiger partial charge is 0.416 e. The highest BCUT2D eigenvalue weighted by Gasteiger charge is 2.36. The lowest BCUT2D eigenvalue weighted by Gasteiger charge is -2.18. The zero-order valence-electron chi connectivity index (χ0n) is 13.3. The summed E-state index contributed by atoms with van der Waals surface area (Å²) in [7, 11) is -4.03. The van der Waals surface area contributed by atoms with Gasteiger partial charge in [-0.25, -0.2) is 13.4 Å². The summed E-state index contributed by atoms with van der Waals surface area (Å²) in [4.78, 5) is 3.68. The Kier molecular flexibility index (Phi) is 5.27. The number of pyridine rings is 1. The molecule has 0 N–H and O–H groups in total. The average molecular weight is 451 g/mol. The number of rotatable bonds is 4. The van der Waals surface area contributed by atoms with E-state index in [-0.39, 0.29) is 18.0 Å². The molecular formula is C16H14BrF3N2O3S. The minimum Gasteiger partial charge on any atom is -0.473 e. The van der Waals surface area contributed by atoms with Gasteiger partial charge in [0.05, 0.1) is 17.0 Å². The Bertz CT molecular complexity index is 888. The first-order valence-electron chi connectivity index (χ1n) is 7.62. The first-order valence-corrected chi connectivity index (χ1v) is 9.85. The Balaban J connectivity index is 1.74. The van der Waals surface area contributed by atoms with Crippen molar-refractivity contribution in [3.63, 3.8) is 0 Å². The standard InChI is InChI=1S/C16H14BrF3N2O3S/c17-12-4-5-15(21-9-12)25-13-6-7-22(10-13)26(23,24)14-3-1-2-11(8-14)16(18,19)20/h1-5,8-9,13H,6-7,10H2. The quantitative estimate of drug-likeness (QED) is 0.712. The predicted octanol–water partition coefficient (Wildman–Crippen LogP) is 3.70. The third kappa shape index (κ3) is 4.18. The third-order valence-electron chi connectivity index (χ3n) is 3.89. The number of halogens is 4. The van der Waals surface area contributed by atoms with Crippen LogP contribution in [0.1, 0.15) is 12.0 Å². The van der Waals surface area contributed by atoms with E-state index in [4.69, 9.17) is 4.74 Å². The largest absolute Gasteiger partial charge is 0.473 e. The van der Waals surface area contributed by atoms with Crippen molar-refractivity contribution in [1.29, 1.82) is 0 Å². The number of nitrogens with zero attached hydrogens (tertiary/aromatic N) is 2. The first-order chi connectivity index (χ1) is 12.2. The van der Waals surface area contributed by atoms with Gasteiger partial charge in [-0.3, -0.25) is 0 Å². The van der Waals surface area contributed by atoms with Gasteiger partial charge in [-0.15, -0.1) is 0 Å². The van der Waals surface area contributed by atoms with Gasteiger partial charge in [-0.1, -0.05) is 6.07 Å². The van der Waals surface area contributed by atoms with Crippen molar-refractivity contribution >= 4 is 26.0 Å². The molecule has 5 nitrogen and oxygen atoms in total. The average Bonchev–Trinajstić information content (AvgIpc) is 3.06. The lowest BCUT2D eigenvalue weighted by molar-refractivity contribution is -0.137. The van der Waals surface area contributed by atoms with E-state index in [2.05, 4.69) is 20.9 Å². The van der Waals surface area contributed by atoms with E-state index in [0.717, 1.165) is 27.0 Å². The Morgan fingerprint density at radius 1 is 1.23 bits per heavy atom. The Hall–Kier alpha value is -1.65. The molecule has 2 heterocycles. The summed E-state index contributed by atoms with van der Waals surface area (Å²) in [6, 6.07) is 7.14. The number of hydrogen-bond donors (Lipinski definition) is 0. The van der Waals surface area contributed by atoms with Crippen LogP contribution < -0.4 is 4.74 Å². The molecule has 1 aromatic carbocycles. The zero-order valence-corrected chi connectivity index (χ0v) is 15.7. The summed E-state index contributed by atoms with van der Waals surface area (Å²) in [5.74, 6) is 0.358. The van der Waals surface area contributed by atoms with Crippen molar-refractivity contribution in [2.24, 2.45) is 0 Å². The van der Waals surface area contributed by atoms with Crippen molar-refractivity contribution in [3.8, 4) is 5.88 Å². The summed E-state index contributed by atoms with van der Waals surface area (Å²) < 4.78 is 71.3. The molecule has 26 heavy (non-hydrogen) atoms. The van der Waals surface area contributed by atoms with Gasteiger partial charge in [0.15, 0.2) is 0 Å². The number of hydrogen-bond acceptors (Lipinski definition) is 4. The van der Waals surface area contributed by atoms with Crippen LogP contribution in [0.2, 0.25) is 0 Å². The van der Waals surface area contributed by atoms with Crippen molar-refractivity contribution in [2.75, 3.05) is 13.1 Å². The lowest BCUT2D eigenvalue weighted by Crippen LogP contribution is -2.31. The minimum atomic E-state index is -4.60. The molecule has 1 unspecified atom stereocenters. The highest BCUT2D eigenvalue weighted by Crippen LogP contribution is 2.32. The summed E-state index contributed by atoms with van der Waals surface area (Å²) >= 11 is 3.25. The van der Waals surface area contributed by atoms with Gasteiger partial charge in [0.1, 0.15) is 6.10 Å². The van der Waals surface area contributed by atoms with Gasteiger partial charge in [0.25, 0.3) is 0 Å². The molecular weight excluding hydrogens is 437 g/mol. The predicted molar refractivity (Wildman–Crippen MR) is 91.2 cm³/mol. The number of ether oxygens (including phenoxy) is 1. The van der Waals surface area contributed by atoms with E-state index < -0.39 is 27.9 Å². The molecule has 0 spiro atoms. The molecule has 10 heteroatoms. The Morgan fingerprint density at radius 2 is 2.00 bits per heavy atom. The second-order valence-corrected chi connectivity index (χ2v) is 8.59. The van der Waals surface area contributed by atoms with E-state index in [0.29, 0.717) is 18.4 Å². The second kappa shape index (κ2) is 7.16. The molecule has 0 saturated carbocycles. The van der Waals surface area contributed by atoms with Gasteiger partial charge in [-0.05, 0) is 46.6 Å². The van der Waals surface area contributed by atoms with Crippen molar-refractivity contribution in [2.45, 2.75) is 23.6 Å². The maximum Gasteiger partial charge on any atom is 0.416 e. The number of sulfonamides is 1. The number of aromatic nitrogens is 1. The fraction of sp³-hybridized carbons (Fsp3) is 0.312. The fourth-order valence-corrected chi connectivity index (χ4v) is 4.36. The third-order valence-corrected chi connectivity index (χ3v) is 6.22. The van der Waals surface area contributed by atoms with Gasteiger partial charge in [0, 0.05) is 23.3 Å². The van der Waals surface area contributed by atoms with Crippen LogP contribution in [-0.4, -0.2) is 36.9 Å². The zero-order chi connectivity index (χ0) is 18.9. The molecule has 1 atom stereocenters. The Labute approximate surface area is 157 Å². The number of alkyl halides is 3. The molecule has 1 aliphatic rings. The molecule has 0 aliphatic carbocycles. The summed E-state index contributed by atoms with van der Waals surface area (Å²) in [5.41, 5.74) is -0.996. The van der Waals surface area contributed by atoms with Crippen LogP contribution >= 0.6 is 15.9 Å². The van der Waals surface area contributed by atoms with Crippen LogP contribution in [0.4, 0.5) is 13.2 Å². The van der Waals surface area contributed by atoms with Crippen LogP contribution in [0.3, 0.4) is 0 Å². The maximum absolute atomic E-state index is 12.8. The molecule has 3 rings (SSSR count). The van der Waals surface area contributed by atoms with Crippen LogP contribution in [0.15, 0.2) is 52.0 Å². The van der Waals surface area contributed by atoms with Crippen molar-refractivity contribution in [1.82, 2.24) is 9.29 Å². The molecule has 0 bridgehead atoms. The van der Waals surface area contributed by atoms with E-state index in [9.17, 15) is 21.6 Å². The molecule has 1 fully saturated rings. The summed E-state index contributed by atoms with van der Waals surface area (Å²) in [6.07, 6.45) is -3.03. The SMILES string of the molecule is O=S(=O)(c1cccc(C(F)(F)F)c1)N1CCC(Oc2ccc(Br)cn2)C1. The first kappa shape index (κ1) is 19.1. The molecule has 0 radical (unpaired) electrons. The van der Waals surface area contributed by atoms with Crippen LogP contribution in [0, 0.1) is 0 Å². The second-order valence-electron chi connectivity index (χ2n) is 5.73. The van der Waals surface area contributed by atoms with E-state index in [1.54, 1.807) is 18.3 Å². The van der Waals surface area contributed by atoms with Gasteiger partial charge in [-0.2, -0.15) is 17.5 Å². The molecule has 140 valence electrons. The van der Waals surface area contributed by atoms with Crippen molar-refractivity contribution in [3.05, 3.63) is 52.6 Å².